The molecule has 0 saturated heterocycles. The molecular weight excluding hydrogens is 454 g/mol. The smallest absolute Gasteiger partial charge is 0.343 e. The van der Waals surface area contributed by atoms with E-state index in [1.54, 1.807) is 36.4 Å². The van der Waals surface area contributed by atoms with Crippen LogP contribution in [0, 0.1) is 0 Å². The molecule has 32 heavy (non-hydrogen) atoms. The zero-order valence-corrected chi connectivity index (χ0v) is 18.3. The first-order valence-corrected chi connectivity index (χ1v) is 11.2. The molecule has 0 fully saturated rings. The maximum atomic E-state index is 13.3. The van der Waals surface area contributed by atoms with Crippen molar-refractivity contribution in [3.05, 3.63) is 101 Å². The molecule has 0 unspecified atom stereocenters. The van der Waals surface area contributed by atoms with Gasteiger partial charge in [0.1, 0.15) is 0 Å². The molecule has 10 heteroatoms. The van der Waals surface area contributed by atoms with Crippen molar-refractivity contribution in [3.63, 3.8) is 0 Å². The summed E-state index contributed by atoms with van der Waals surface area (Å²) in [6, 6.07) is 19.1. The van der Waals surface area contributed by atoms with Crippen LogP contribution in [0.4, 0.5) is 4.79 Å². The minimum absolute atomic E-state index is 0.0233. The predicted molar refractivity (Wildman–Crippen MR) is 119 cm³/mol. The van der Waals surface area contributed by atoms with E-state index in [2.05, 4.69) is 0 Å². The van der Waals surface area contributed by atoms with E-state index in [1.165, 1.54) is 41.4 Å². The predicted octanol–water partition coefficient (Wildman–Crippen LogP) is 3.73. The number of benzene rings is 3. The van der Waals surface area contributed by atoms with E-state index in [9.17, 15) is 18.0 Å². The lowest BCUT2D eigenvalue weighted by Crippen LogP contribution is -2.51. The van der Waals surface area contributed by atoms with E-state index < -0.39 is 22.0 Å². The first-order valence-electron chi connectivity index (χ1n) is 9.40. The summed E-state index contributed by atoms with van der Waals surface area (Å²) >= 11 is 5.86. The highest BCUT2D eigenvalue weighted by molar-refractivity contribution is 7.89. The Labute approximate surface area is 190 Å². The summed E-state index contributed by atoms with van der Waals surface area (Å²) in [5.74, 6) is -1.08. The Bertz CT molecular complexity index is 1200. The lowest BCUT2D eigenvalue weighted by molar-refractivity contribution is 0.0697. The van der Waals surface area contributed by atoms with Crippen LogP contribution in [0.3, 0.4) is 0 Å². The number of hydrogen-bond acceptors (Lipinski definition) is 5. The van der Waals surface area contributed by atoms with Gasteiger partial charge in [0.05, 0.1) is 10.5 Å². The van der Waals surface area contributed by atoms with Crippen LogP contribution in [0.15, 0.2) is 83.8 Å². The number of carbonyl (C=O) groups is 2. The molecule has 0 aliphatic heterocycles. The van der Waals surface area contributed by atoms with Gasteiger partial charge >= 0.3 is 12.0 Å². The van der Waals surface area contributed by atoms with Gasteiger partial charge in [-0.05, 0) is 47.5 Å². The molecule has 166 valence electrons. The van der Waals surface area contributed by atoms with Crippen molar-refractivity contribution >= 4 is 33.6 Å². The molecule has 0 saturated carbocycles. The summed E-state index contributed by atoms with van der Waals surface area (Å²) in [7, 11) is -4.35. The monoisotopic (exact) mass is 473 g/mol. The van der Waals surface area contributed by atoms with Crippen molar-refractivity contribution in [2.24, 2.45) is 5.73 Å². The van der Waals surface area contributed by atoms with Crippen LogP contribution in [-0.2, 0) is 23.1 Å². The Balaban J connectivity index is 2.02. The van der Waals surface area contributed by atoms with E-state index in [0.717, 1.165) is 5.56 Å². The van der Waals surface area contributed by atoms with E-state index >= 15 is 0 Å². The van der Waals surface area contributed by atoms with Crippen LogP contribution in [0.25, 0.3) is 0 Å². The molecule has 0 bridgehead atoms. The first-order chi connectivity index (χ1) is 15.2. The average molecular weight is 474 g/mol. The minimum Gasteiger partial charge on any atom is -0.478 e. The number of urea groups is 1. The number of rotatable bonds is 8. The molecule has 3 aromatic rings. The summed E-state index contributed by atoms with van der Waals surface area (Å²) in [6.45, 7) is 0.0296. The van der Waals surface area contributed by atoms with E-state index in [1.807, 2.05) is 6.07 Å². The summed E-state index contributed by atoms with van der Waals surface area (Å²) < 4.78 is 27.1. The normalized spacial score (nSPS) is 11.3. The molecule has 0 atom stereocenters. The van der Waals surface area contributed by atoms with Gasteiger partial charge in [-0.15, -0.1) is 4.41 Å². The molecule has 8 nitrogen and oxygen atoms in total. The van der Waals surface area contributed by atoms with Gasteiger partial charge in [-0.3, -0.25) is 0 Å². The highest BCUT2D eigenvalue weighted by atomic mass is 35.5. The molecule has 3 N–H and O–H groups in total. The maximum absolute atomic E-state index is 13.3. The van der Waals surface area contributed by atoms with Crippen molar-refractivity contribution in [2.45, 2.75) is 18.0 Å². The van der Waals surface area contributed by atoms with E-state index in [4.69, 9.17) is 22.4 Å². The minimum atomic E-state index is -4.35. The third kappa shape index (κ3) is 5.44. The fourth-order valence-electron chi connectivity index (χ4n) is 3.06. The highest BCUT2D eigenvalue weighted by Gasteiger charge is 2.33. The number of halogens is 1. The Morgan fingerprint density at radius 3 is 1.88 bits per heavy atom. The highest BCUT2D eigenvalue weighted by Crippen LogP contribution is 2.23. The van der Waals surface area contributed by atoms with Crippen LogP contribution in [0.5, 0.6) is 0 Å². The van der Waals surface area contributed by atoms with Crippen molar-refractivity contribution in [1.29, 1.82) is 0 Å². The molecule has 0 aliphatic carbocycles. The van der Waals surface area contributed by atoms with Gasteiger partial charge in [0.2, 0.25) is 0 Å². The van der Waals surface area contributed by atoms with Crippen LogP contribution in [0.2, 0.25) is 5.02 Å². The molecule has 0 radical (unpaired) electrons. The van der Waals surface area contributed by atoms with Gasteiger partial charge in [0.25, 0.3) is 10.0 Å². The first kappa shape index (κ1) is 23.3. The quantitative estimate of drug-likeness (QED) is 0.481. The van der Waals surface area contributed by atoms with Crippen molar-refractivity contribution in [3.8, 4) is 0 Å². The number of carboxylic acid groups (broad SMARTS) is 1. The van der Waals surface area contributed by atoms with Crippen LogP contribution in [-0.4, -0.2) is 34.9 Å². The Morgan fingerprint density at radius 1 is 0.844 bits per heavy atom. The fraction of sp³-hybridized carbons (Fsp3) is 0.0909. The number of nitrogens with two attached hydrogens (primary N) is 1. The molecule has 3 rings (SSSR count). The topological polar surface area (TPSA) is 121 Å². The van der Waals surface area contributed by atoms with E-state index in [0.29, 0.717) is 15.0 Å². The van der Waals surface area contributed by atoms with Crippen molar-refractivity contribution < 1.29 is 23.1 Å². The number of carbonyl (C=O) groups excluding carboxylic acids is 1. The molecule has 0 aromatic heterocycles. The second-order valence-electron chi connectivity index (χ2n) is 6.85. The molecule has 0 heterocycles. The SMILES string of the molecule is NC(=O)N(N(Cc1ccccc1)Cc1ccc(C(=O)O)cc1)S(=O)(=O)c1ccc(Cl)cc1. The second kappa shape index (κ2) is 9.82. The lowest BCUT2D eigenvalue weighted by atomic mass is 10.1. The van der Waals surface area contributed by atoms with Gasteiger partial charge in [-0.1, -0.05) is 54.1 Å². The third-order valence-corrected chi connectivity index (χ3v) is 6.54. The maximum Gasteiger partial charge on any atom is 0.343 e. The molecule has 0 aliphatic rings. The summed E-state index contributed by atoms with van der Waals surface area (Å²) in [5.41, 5.74) is 6.94. The number of sulfonamides is 1. The molecule has 2 amide bonds. The number of hydrazine groups is 1. The number of carboxylic acids is 1. The Kier molecular flexibility index (Phi) is 7.14. The van der Waals surface area contributed by atoms with Gasteiger partial charge in [-0.25, -0.2) is 9.59 Å². The second-order valence-corrected chi connectivity index (χ2v) is 9.05. The standard InChI is InChI=1S/C22H20ClN3O5S/c23-19-10-12-20(13-11-19)32(30,31)26(22(24)29)25(14-16-4-2-1-3-5-16)15-17-6-8-18(9-7-17)21(27)28/h1-13H,14-15H2,(H2,24,29)(H,27,28). The summed E-state index contributed by atoms with van der Waals surface area (Å²) in [6.07, 6.45) is 0. The van der Waals surface area contributed by atoms with E-state index in [-0.39, 0.29) is 23.5 Å². The number of aromatic carboxylic acids is 1. The Morgan fingerprint density at radius 2 is 1.38 bits per heavy atom. The summed E-state index contributed by atoms with van der Waals surface area (Å²) in [5, 5.41) is 10.7. The summed E-state index contributed by atoms with van der Waals surface area (Å²) in [4.78, 5) is 23.3. The third-order valence-electron chi connectivity index (χ3n) is 4.56. The van der Waals surface area contributed by atoms with Crippen LogP contribution >= 0.6 is 11.6 Å². The fourth-order valence-corrected chi connectivity index (χ4v) is 4.52. The van der Waals surface area contributed by atoms with Crippen molar-refractivity contribution in [2.75, 3.05) is 0 Å². The van der Waals surface area contributed by atoms with Crippen LogP contribution in [0.1, 0.15) is 21.5 Å². The van der Waals surface area contributed by atoms with Gasteiger partial charge in [0, 0.05) is 18.1 Å². The largest absolute Gasteiger partial charge is 0.478 e. The molecule has 0 spiro atoms. The number of amides is 2. The number of nitrogens with zero attached hydrogens (tertiary/aromatic N) is 2. The lowest BCUT2D eigenvalue weighted by Gasteiger charge is -2.32. The number of primary amides is 1. The molecular formula is C22H20ClN3O5S. The molecule has 3 aromatic carbocycles. The zero-order chi connectivity index (χ0) is 23.3. The van der Waals surface area contributed by atoms with Gasteiger partial charge in [0.15, 0.2) is 0 Å². The van der Waals surface area contributed by atoms with Crippen molar-refractivity contribution in [1.82, 2.24) is 9.42 Å². The van der Waals surface area contributed by atoms with Crippen LogP contribution < -0.4 is 5.73 Å². The van der Waals surface area contributed by atoms with Gasteiger partial charge < -0.3 is 10.8 Å². The Hall–Kier alpha value is -3.40. The number of hydrogen-bond donors (Lipinski definition) is 2. The zero-order valence-electron chi connectivity index (χ0n) is 16.8. The van der Waals surface area contributed by atoms with Gasteiger partial charge in [-0.2, -0.15) is 13.4 Å². The average Bonchev–Trinajstić information content (AvgIpc) is 2.74.